The third kappa shape index (κ3) is 3.84. The number of benzene rings is 1. The molecule has 0 heterocycles. The highest BCUT2D eigenvalue weighted by Crippen LogP contribution is 2.09. The highest BCUT2D eigenvalue weighted by atomic mass is 35.5. The van der Waals surface area contributed by atoms with Crippen LogP contribution in [0.3, 0.4) is 0 Å². The van der Waals surface area contributed by atoms with Crippen LogP contribution < -0.4 is 0 Å². The fraction of sp³-hybridized carbons (Fsp3) is 0.273. The van der Waals surface area contributed by atoms with Crippen LogP contribution in [0.1, 0.15) is 17.5 Å². The number of hydrogen-bond donors (Lipinski definition) is 0. The van der Waals surface area contributed by atoms with Gasteiger partial charge in [0, 0.05) is 11.8 Å². The molecule has 0 spiro atoms. The maximum Gasteiger partial charge on any atom is 0.0474 e. The van der Waals surface area contributed by atoms with Crippen molar-refractivity contribution in [3.8, 4) is 0 Å². The van der Waals surface area contributed by atoms with Crippen molar-refractivity contribution in [2.75, 3.05) is 5.88 Å². The maximum absolute atomic E-state index is 5.72. The van der Waals surface area contributed by atoms with Crippen molar-refractivity contribution in [2.45, 2.75) is 12.3 Å². The van der Waals surface area contributed by atoms with Crippen LogP contribution in [0.25, 0.3) is 6.08 Å². The zero-order valence-corrected chi connectivity index (χ0v) is 8.85. The van der Waals surface area contributed by atoms with Gasteiger partial charge in [-0.15, -0.1) is 23.2 Å². The van der Waals surface area contributed by atoms with Gasteiger partial charge in [-0.1, -0.05) is 36.4 Å². The Morgan fingerprint density at radius 2 is 2.08 bits per heavy atom. The lowest BCUT2D eigenvalue weighted by molar-refractivity contribution is 1.24. The highest BCUT2D eigenvalue weighted by Gasteiger charge is 1.90. The second kappa shape index (κ2) is 6.06. The van der Waals surface area contributed by atoms with E-state index in [1.54, 1.807) is 0 Å². The number of allylic oxidation sites excluding steroid dienone is 1. The van der Waals surface area contributed by atoms with Crippen LogP contribution in [-0.4, -0.2) is 5.88 Å². The second-order valence-corrected chi connectivity index (χ2v) is 3.40. The van der Waals surface area contributed by atoms with Gasteiger partial charge in [0.2, 0.25) is 0 Å². The summed E-state index contributed by atoms with van der Waals surface area (Å²) in [5.74, 6) is 1.24. The van der Waals surface area contributed by atoms with Gasteiger partial charge in [0.1, 0.15) is 0 Å². The van der Waals surface area contributed by atoms with Gasteiger partial charge in [0.25, 0.3) is 0 Å². The monoisotopic (exact) mass is 214 g/mol. The van der Waals surface area contributed by atoms with E-state index in [9.17, 15) is 0 Å². The lowest BCUT2D eigenvalue weighted by Crippen LogP contribution is -1.78. The fourth-order valence-electron chi connectivity index (χ4n) is 1.06. The van der Waals surface area contributed by atoms with Crippen molar-refractivity contribution in [3.63, 3.8) is 0 Å². The summed E-state index contributed by atoms with van der Waals surface area (Å²) in [7, 11) is 0. The smallest absolute Gasteiger partial charge is 0.0474 e. The molecule has 0 radical (unpaired) electrons. The molecular formula is C11H12Cl2. The molecule has 0 N–H and O–H groups in total. The zero-order valence-electron chi connectivity index (χ0n) is 7.34. The first kappa shape index (κ1) is 10.6. The van der Waals surface area contributed by atoms with Gasteiger partial charge in [-0.25, -0.2) is 0 Å². The molecule has 1 rings (SSSR count). The van der Waals surface area contributed by atoms with Gasteiger partial charge >= 0.3 is 0 Å². The average Bonchev–Trinajstić information content (AvgIpc) is 2.19. The summed E-state index contributed by atoms with van der Waals surface area (Å²) in [5.41, 5.74) is 2.33. The van der Waals surface area contributed by atoms with Crippen molar-refractivity contribution in [1.82, 2.24) is 0 Å². The van der Waals surface area contributed by atoms with E-state index in [0.29, 0.717) is 11.8 Å². The summed E-state index contributed by atoms with van der Waals surface area (Å²) in [6, 6.07) is 8.17. The van der Waals surface area contributed by atoms with Gasteiger partial charge in [-0.2, -0.15) is 0 Å². The van der Waals surface area contributed by atoms with Crippen molar-refractivity contribution >= 4 is 29.3 Å². The van der Waals surface area contributed by atoms with E-state index < -0.39 is 0 Å². The molecule has 0 aliphatic heterocycles. The first-order valence-corrected chi connectivity index (χ1v) is 5.31. The number of rotatable bonds is 4. The van der Waals surface area contributed by atoms with Crippen molar-refractivity contribution in [2.24, 2.45) is 0 Å². The van der Waals surface area contributed by atoms with E-state index >= 15 is 0 Å². The van der Waals surface area contributed by atoms with E-state index in [1.807, 2.05) is 12.1 Å². The SMILES string of the molecule is ClCCC=Cc1cccc(CCl)c1. The van der Waals surface area contributed by atoms with E-state index in [-0.39, 0.29) is 0 Å². The molecule has 0 saturated carbocycles. The zero-order chi connectivity index (χ0) is 9.52. The summed E-state index contributed by atoms with van der Waals surface area (Å²) in [4.78, 5) is 0. The average molecular weight is 215 g/mol. The summed E-state index contributed by atoms with van der Waals surface area (Å²) in [5, 5.41) is 0. The van der Waals surface area contributed by atoms with E-state index in [0.717, 1.165) is 12.0 Å². The van der Waals surface area contributed by atoms with Crippen LogP contribution in [0, 0.1) is 0 Å². The van der Waals surface area contributed by atoms with Crippen molar-refractivity contribution in [3.05, 3.63) is 41.5 Å². The van der Waals surface area contributed by atoms with E-state index in [1.165, 1.54) is 5.56 Å². The van der Waals surface area contributed by atoms with Gasteiger partial charge < -0.3 is 0 Å². The summed E-state index contributed by atoms with van der Waals surface area (Å²) in [6.45, 7) is 0. The number of halogens is 2. The standard InChI is InChI=1S/C11H12Cl2/c12-7-2-1-4-10-5-3-6-11(8-10)9-13/h1,3-6,8H,2,7,9H2. The molecule has 0 aromatic heterocycles. The summed E-state index contributed by atoms with van der Waals surface area (Å²) in [6.07, 6.45) is 5.05. The first-order chi connectivity index (χ1) is 6.36. The Bertz CT molecular complexity index is 279. The Kier molecular flexibility index (Phi) is 4.95. The molecule has 2 heteroatoms. The minimum atomic E-state index is 0.567. The minimum Gasteiger partial charge on any atom is -0.126 e. The van der Waals surface area contributed by atoms with Crippen LogP contribution >= 0.6 is 23.2 Å². The van der Waals surface area contributed by atoms with E-state index in [4.69, 9.17) is 23.2 Å². The van der Waals surface area contributed by atoms with Gasteiger partial charge in [-0.3, -0.25) is 0 Å². The Labute approximate surface area is 89.2 Å². The van der Waals surface area contributed by atoms with Gasteiger partial charge in [0.15, 0.2) is 0 Å². The van der Waals surface area contributed by atoms with Crippen LogP contribution in [0.5, 0.6) is 0 Å². The minimum absolute atomic E-state index is 0.567. The largest absolute Gasteiger partial charge is 0.126 e. The van der Waals surface area contributed by atoms with Crippen LogP contribution in [0.2, 0.25) is 0 Å². The second-order valence-electron chi connectivity index (χ2n) is 2.76. The third-order valence-corrected chi connectivity index (χ3v) is 2.22. The molecule has 0 fully saturated rings. The lowest BCUT2D eigenvalue weighted by atomic mass is 10.1. The predicted molar refractivity (Wildman–Crippen MR) is 60.4 cm³/mol. The topological polar surface area (TPSA) is 0 Å². The molecule has 13 heavy (non-hydrogen) atoms. The quantitative estimate of drug-likeness (QED) is 0.664. The van der Waals surface area contributed by atoms with Crippen molar-refractivity contribution in [1.29, 1.82) is 0 Å². The lowest BCUT2D eigenvalue weighted by Gasteiger charge is -1.96. The maximum atomic E-state index is 5.72. The molecule has 0 nitrogen and oxygen atoms in total. The highest BCUT2D eigenvalue weighted by molar-refractivity contribution is 6.18. The molecule has 0 bridgehead atoms. The Balaban J connectivity index is 2.66. The van der Waals surface area contributed by atoms with Crippen molar-refractivity contribution < 1.29 is 0 Å². The molecular weight excluding hydrogens is 203 g/mol. The molecule has 1 aromatic rings. The molecule has 1 aromatic carbocycles. The van der Waals surface area contributed by atoms with Gasteiger partial charge in [-0.05, 0) is 17.5 Å². The normalized spacial score (nSPS) is 10.9. The Morgan fingerprint density at radius 1 is 1.23 bits per heavy atom. The summed E-state index contributed by atoms with van der Waals surface area (Å²) >= 11 is 11.3. The van der Waals surface area contributed by atoms with E-state index in [2.05, 4.69) is 24.3 Å². The third-order valence-electron chi connectivity index (χ3n) is 1.69. The number of alkyl halides is 2. The molecule has 0 amide bonds. The Hall–Kier alpha value is -0.460. The van der Waals surface area contributed by atoms with Crippen LogP contribution in [-0.2, 0) is 5.88 Å². The fourth-order valence-corrected chi connectivity index (χ4v) is 1.35. The molecule has 0 unspecified atom stereocenters. The van der Waals surface area contributed by atoms with Crippen LogP contribution in [0.4, 0.5) is 0 Å². The molecule has 0 atom stereocenters. The molecule has 70 valence electrons. The summed E-state index contributed by atoms with van der Waals surface area (Å²) < 4.78 is 0. The first-order valence-electron chi connectivity index (χ1n) is 4.24. The Morgan fingerprint density at radius 3 is 2.77 bits per heavy atom. The van der Waals surface area contributed by atoms with Crippen LogP contribution in [0.15, 0.2) is 30.3 Å². The predicted octanol–water partition coefficient (Wildman–Crippen LogP) is 4.07. The molecule has 0 aliphatic carbocycles. The molecule has 0 saturated heterocycles. The number of hydrogen-bond acceptors (Lipinski definition) is 0. The van der Waals surface area contributed by atoms with Gasteiger partial charge in [0.05, 0.1) is 0 Å². The molecule has 0 aliphatic rings.